The molecular formula is C20H25NO2. The van der Waals surface area contributed by atoms with Crippen molar-refractivity contribution in [2.45, 2.75) is 38.6 Å². The first-order valence-corrected chi connectivity index (χ1v) is 8.34. The molecule has 0 aromatic heterocycles. The zero-order valence-electron chi connectivity index (χ0n) is 13.8. The molecule has 23 heavy (non-hydrogen) atoms. The summed E-state index contributed by atoms with van der Waals surface area (Å²) in [5.74, 6) is 0.505. The second kappa shape index (κ2) is 7.26. The van der Waals surface area contributed by atoms with Gasteiger partial charge in [-0.1, -0.05) is 62.4 Å². The zero-order chi connectivity index (χ0) is 16.2. The van der Waals surface area contributed by atoms with Crippen molar-refractivity contribution in [1.82, 2.24) is 5.32 Å². The number of β-amino-alcohol motifs (C(OH)–C–C–N with tert-alkyl or cyclic N) is 1. The molecule has 2 aromatic rings. The second-order valence-electron chi connectivity index (χ2n) is 6.51. The maximum atomic E-state index is 9.75. The highest BCUT2D eigenvalue weighted by Crippen LogP contribution is 2.29. The van der Waals surface area contributed by atoms with Crippen LogP contribution in [0.4, 0.5) is 0 Å². The number of benzene rings is 2. The van der Waals surface area contributed by atoms with Gasteiger partial charge in [-0.15, -0.1) is 0 Å². The van der Waals surface area contributed by atoms with Gasteiger partial charge in [0.25, 0.3) is 0 Å². The lowest BCUT2D eigenvalue weighted by atomic mass is 9.92. The van der Waals surface area contributed by atoms with E-state index in [1.165, 1.54) is 16.7 Å². The Morgan fingerprint density at radius 2 is 1.83 bits per heavy atom. The Morgan fingerprint density at radius 3 is 2.48 bits per heavy atom. The summed E-state index contributed by atoms with van der Waals surface area (Å²) in [6.45, 7) is 6.33. The van der Waals surface area contributed by atoms with E-state index in [-0.39, 0.29) is 6.10 Å². The third-order valence-corrected chi connectivity index (χ3v) is 4.44. The molecule has 3 nitrogen and oxygen atoms in total. The largest absolute Gasteiger partial charge is 0.389 e. The van der Waals surface area contributed by atoms with Crippen molar-refractivity contribution in [3.05, 3.63) is 59.7 Å². The number of aliphatic hydroxyl groups excluding tert-OH is 1. The zero-order valence-corrected chi connectivity index (χ0v) is 13.8. The van der Waals surface area contributed by atoms with Gasteiger partial charge in [0.15, 0.2) is 0 Å². The first-order chi connectivity index (χ1) is 11.1. The molecule has 1 fully saturated rings. The Bertz CT molecular complexity index is 636. The third kappa shape index (κ3) is 3.81. The summed E-state index contributed by atoms with van der Waals surface area (Å²) in [5, 5.41) is 12.9. The van der Waals surface area contributed by atoms with Crippen molar-refractivity contribution in [3.8, 4) is 11.1 Å². The first kappa shape index (κ1) is 16.2. The van der Waals surface area contributed by atoms with E-state index in [4.69, 9.17) is 4.74 Å². The van der Waals surface area contributed by atoms with E-state index >= 15 is 0 Å². The lowest BCUT2D eigenvalue weighted by Gasteiger charge is -2.15. The molecule has 2 aromatic carbocycles. The molecule has 1 saturated heterocycles. The molecule has 3 heteroatoms. The molecule has 2 N–H and O–H groups in total. The second-order valence-corrected chi connectivity index (χ2v) is 6.51. The summed E-state index contributed by atoms with van der Waals surface area (Å²) in [5.41, 5.74) is 5.04. The minimum absolute atomic E-state index is 0.101. The monoisotopic (exact) mass is 311 g/mol. The molecule has 0 spiro atoms. The van der Waals surface area contributed by atoms with E-state index in [0.717, 1.165) is 12.1 Å². The highest BCUT2D eigenvalue weighted by molar-refractivity contribution is 5.68. The van der Waals surface area contributed by atoms with Gasteiger partial charge in [0.05, 0.1) is 18.8 Å². The van der Waals surface area contributed by atoms with Crippen LogP contribution in [0.3, 0.4) is 0 Å². The van der Waals surface area contributed by atoms with Gasteiger partial charge < -0.3 is 15.2 Å². The van der Waals surface area contributed by atoms with E-state index < -0.39 is 6.10 Å². The Morgan fingerprint density at radius 1 is 1.09 bits per heavy atom. The fourth-order valence-corrected chi connectivity index (χ4v) is 3.06. The molecule has 0 unspecified atom stereocenters. The molecule has 0 bridgehead atoms. The Kier molecular flexibility index (Phi) is 5.11. The summed E-state index contributed by atoms with van der Waals surface area (Å²) in [4.78, 5) is 0. The molecule has 0 saturated carbocycles. The number of aliphatic hydroxyl groups is 1. The van der Waals surface area contributed by atoms with Crippen LogP contribution in [0, 0.1) is 0 Å². The van der Waals surface area contributed by atoms with E-state index in [0.29, 0.717) is 19.1 Å². The number of rotatable bonds is 5. The van der Waals surface area contributed by atoms with Gasteiger partial charge in [0.1, 0.15) is 0 Å². The molecule has 122 valence electrons. The van der Waals surface area contributed by atoms with Crippen LogP contribution in [-0.4, -0.2) is 30.4 Å². The lowest BCUT2D eigenvalue weighted by molar-refractivity contribution is -0.0169. The Labute approximate surface area is 138 Å². The maximum Gasteiger partial charge on any atom is 0.0974 e. The van der Waals surface area contributed by atoms with Crippen LogP contribution < -0.4 is 5.32 Å². The van der Waals surface area contributed by atoms with Gasteiger partial charge in [-0.2, -0.15) is 0 Å². The summed E-state index contributed by atoms with van der Waals surface area (Å²) in [7, 11) is 0. The topological polar surface area (TPSA) is 41.5 Å². The average Bonchev–Trinajstić information content (AvgIpc) is 2.98. The predicted octanol–water partition coefficient (Wildman–Crippen LogP) is 3.33. The van der Waals surface area contributed by atoms with Gasteiger partial charge >= 0.3 is 0 Å². The van der Waals surface area contributed by atoms with Crippen molar-refractivity contribution >= 4 is 0 Å². The Balaban J connectivity index is 1.70. The molecule has 1 heterocycles. The molecule has 1 aliphatic heterocycles. The number of hydrogen-bond donors (Lipinski definition) is 2. The van der Waals surface area contributed by atoms with Crippen molar-refractivity contribution in [1.29, 1.82) is 0 Å². The molecule has 2 atom stereocenters. The molecule has 0 aliphatic carbocycles. The number of nitrogens with one attached hydrogen (secondary N) is 1. The maximum absolute atomic E-state index is 9.75. The van der Waals surface area contributed by atoms with E-state index in [1.54, 1.807) is 0 Å². The number of hydrogen-bond acceptors (Lipinski definition) is 3. The van der Waals surface area contributed by atoms with Gasteiger partial charge in [-0.25, -0.2) is 0 Å². The highest BCUT2D eigenvalue weighted by Gasteiger charge is 2.25. The summed E-state index contributed by atoms with van der Waals surface area (Å²) in [6, 6.07) is 17.1. The van der Waals surface area contributed by atoms with E-state index in [2.05, 4.69) is 67.7 Å². The molecular weight excluding hydrogens is 286 g/mol. The smallest absolute Gasteiger partial charge is 0.0974 e. The van der Waals surface area contributed by atoms with Crippen molar-refractivity contribution in [3.63, 3.8) is 0 Å². The third-order valence-electron chi connectivity index (χ3n) is 4.44. The van der Waals surface area contributed by atoms with E-state index in [9.17, 15) is 5.11 Å². The molecule has 3 rings (SSSR count). The van der Waals surface area contributed by atoms with Crippen molar-refractivity contribution in [2.24, 2.45) is 0 Å². The fourth-order valence-electron chi connectivity index (χ4n) is 3.06. The van der Waals surface area contributed by atoms with Crippen LogP contribution in [0.25, 0.3) is 11.1 Å². The molecule has 0 radical (unpaired) electrons. The van der Waals surface area contributed by atoms with Crippen LogP contribution in [0.2, 0.25) is 0 Å². The minimum atomic E-state index is -0.396. The van der Waals surface area contributed by atoms with Crippen LogP contribution in [0.5, 0.6) is 0 Å². The molecule has 0 amide bonds. The first-order valence-electron chi connectivity index (χ1n) is 8.34. The van der Waals surface area contributed by atoms with Gasteiger partial charge in [0, 0.05) is 13.1 Å². The predicted molar refractivity (Wildman–Crippen MR) is 93.4 cm³/mol. The van der Waals surface area contributed by atoms with Crippen LogP contribution in [-0.2, 0) is 11.3 Å². The summed E-state index contributed by atoms with van der Waals surface area (Å²) in [6.07, 6.45) is -0.497. The van der Waals surface area contributed by atoms with Crippen molar-refractivity contribution < 1.29 is 9.84 Å². The van der Waals surface area contributed by atoms with Gasteiger partial charge in [0.2, 0.25) is 0 Å². The average molecular weight is 311 g/mol. The summed E-state index contributed by atoms with van der Waals surface area (Å²) < 4.78 is 5.80. The van der Waals surface area contributed by atoms with Crippen LogP contribution in [0.15, 0.2) is 48.5 Å². The minimum Gasteiger partial charge on any atom is -0.389 e. The van der Waals surface area contributed by atoms with E-state index in [1.807, 2.05) is 0 Å². The SMILES string of the molecule is CC(C)c1ccccc1-c1ccc(CO[C@H]2CNC[C@@H]2O)cc1. The van der Waals surface area contributed by atoms with Gasteiger partial charge in [-0.05, 0) is 28.2 Å². The lowest BCUT2D eigenvalue weighted by Crippen LogP contribution is -2.26. The standard InChI is InChI=1S/C20H25NO2/c1-14(2)17-5-3-4-6-18(17)16-9-7-15(8-10-16)13-23-20-12-21-11-19(20)22/h3-10,14,19-22H,11-13H2,1-2H3/t19-,20-/m0/s1. The Hall–Kier alpha value is -1.68. The normalized spacial score (nSPS) is 21.0. The van der Waals surface area contributed by atoms with Crippen molar-refractivity contribution in [2.75, 3.05) is 13.1 Å². The van der Waals surface area contributed by atoms with Gasteiger partial charge in [-0.3, -0.25) is 0 Å². The molecule has 1 aliphatic rings. The van der Waals surface area contributed by atoms with Crippen LogP contribution in [0.1, 0.15) is 30.9 Å². The fraction of sp³-hybridized carbons (Fsp3) is 0.400. The highest BCUT2D eigenvalue weighted by atomic mass is 16.5. The summed E-state index contributed by atoms with van der Waals surface area (Å²) >= 11 is 0. The van der Waals surface area contributed by atoms with Crippen LogP contribution >= 0.6 is 0 Å². The number of ether oxygens (including phenoxy) is 1. The quantitative estimate of drug-likeness (QED) is 0.890.